The third kappa shape index (κ3) is 2.10. The molecule has 2 nitrogen and oxygen atoms in total. The van der Waals surface area contributed by atoms with Gasteiger partial charge in [-0.05, 0) is 62.0 Å². The molecule has 0 bridgehead atoms. The molecule has 3 fully saturated rings. The molecule has 1 heterocycles. The Hall–Kier alpha value is -0.860. The largest absolute Gasteiger partial charge is 0.325 e. The van der Waals surface area contributed by atoms with Gasteiger partial charge in [0.05, 0.1) is 0 Å². The Balaban J connectivity index is 1.44. The molecule has 20 heavy (non-hydrogen) atoms. The highest BCUT2D eigenvalue weighted by molar-refractivity contribution is 5.22. The number of likely N-dealkylation sites (tertiary alicyclic amines) is 1. The molecule has 108 valence electrons. The Labute approximate surface area is 122 Å². The molecule has 1 atom stereocenters. The summed E-state index contributed by atoms with van der Waals surface area (Å²) in [5.41, 5.74) is 8.81. The van der Waals surface area contributed by atoms with Crippen LogP contribution in [0, 0.1) is 11.3 Å². The zero-order chi connectivity index (χ0) is 13.6. The maximum atomic E-state index is 6.60. The molecule has 1 unspecified atom stereocenters. The zero-order valence-corrected chi connectivity index (χ0v) is 12.4. The molecule has 1 aromatic carbocycles. The average Bonchev–Trinajstić information content (AvgIpc) is 3.36. The highest BCUT2D eigenvalue weighted by Crippen LogP contribution is 2.67. The average molecular weight is 270 g/mol. The summed E-state index contributed by atoms with van der Waals surface area (Å²) >= 11 is 0. The smallest absolute Gasteiger partial charge is 0.0233 e. The van der Waals surface area contributed by atoms with Crippen molar-refractivity contribution < 1.29 is 0 Å². The molecule has 1 aromatic rings. The Morgan fingerprint density at radius 3 is 2.50 bits per heavy atom. The van der Waals surface area contributed by atoms with E-state index in [1.54, 1.807) is 0 Å². The molecule has 2 saturated carbocycles. The Morgan fingerprint density at radius 1 is 1.10 bits per heavy atom. The van der Waals surface area contributed by atoms with Crippen molar-refractivity contribution in [1.82, 2.24) is 4.90 Å². The van der Waals surface area contributed by atoms with Crippen molar-refractivity contribution in [1.29, 1.82) is 0 Å². The third-order valence-corrected chi connectivity index (χ3v) is 6.10. The first-order chi connectivity index (χ1) is 9.72. The number of rotatable bonds is 4. The van der Waals surface area contributed by atoms with E-state index in [0.717, 1.165) is 12.5 Å². The second-order valence-electron chi connectivity index (χ2n) is 7.37. The van der Waals surface area contributed by atoms with E-state index >= 15 is 0 Å². The van der Waals surface area contributed by atoms with E-state index in [0.29, 0.717) is 5.41 Å². The Kier molecular flexibility index (Phi) is 2.94. The molecule has 0 spiro atoms. The lowest BCUT2D eigenvalue weighted by atomic mass is 9.76. The predicted molar refractivity (Wildman–Crippen MR) is 82.3 cm³/mol. The molecule has 1 aliphatic heterocycles. The standard InChI is InChI=1S/C18H26N2/c19-18(10-11-18)17(8-9-17)16-7-4-12-20(14-16)13-15-5-2-1-3-6-15/h1-3,5-6,16H,4,7-14,19H2. The predicted octanol–water partition coefficient (Wildman–Crippen LogP) is 3.17. The molecule has 2 aliphatic carbocycles. The van der Waals surface area contributed by atoms with Gasteiger partial charge in [0.2, 0.25) is 0 Å². The minimum Gasteiger partial charge on any atom is -0.325 e. The van der Waals surface area contributed by atoms with Crippen molar-refractivity contribution in [3.8, 4) is 0 Å². The van der Waals surface area contributed by atoms with E-state index in [4.69, 9.17) is 5.73 Å². The summed E-state index contributed by atoms with van der Waals surface area (Å²) in [6.07, 6.45) is 8.12. The van der Waals surface area contributed by atoms with Gasteiger partial charge >= 0.3 is 0 Å². The lowest BCUT2D eigenvalue weighted by Gasteiger charge is -2.40. The topological polar surface area (TPSA) is 29.3 Å². The van der Waals surface area contributed by atoms with Crippen LogP contribution in [0.2, 0.25) is 0 Å². The van der Waals surface area contributed by atoms with Crippen LogP contribution in [0.3, 0.4) is 0 Å². The van der Waals surface area contributed by atoms with E-state index in [2.05, 4.69) is 35.2 Å². The maximum Gasteiger partial charge on any atom is 0.0233 e. The molecule has 0 amide bonds. The van der Waals surface area contributed by atoms with Crippen molar-refractivity contribution in [3.05, 3.63) is 35.9 Å². The van der Waals surface area contributed by atoms with Crippen LogP contribution in [-0.4, -0.2) is 23.5 Å². The van der Waals surface area contributed by atoms with Gasteiger partial charge in [0.25, 0.3) is 0 Å². The Bertz CT molecular complexity index is 473. The lowest BCUT2D eigenvalue weighted by Crippen LogP contribution is -2.46. The fourth-order valence-electron chi connectivity index (χ4n) is 4.57. The van der Waals surface area contributed by atoms with Crippen LogP contribution in [0.15, 0.2) is 30.3 Å². The fraction of sp³-hybridized carbons (Fsp3) is 0.667. The molecule has 0 aromatic heterocycles. The summed E-state index contributed by atoms with van der Waals surface area (Å²) in [5, 5.41) is 0. The molecule has 1 saturated heterocycles. The normalized spacial score (nSPS) is 30.9. The lowest BCUT2D eigenvalue weighted by molar-refractivity contribution is 0.0985. The van der Waals surface area contributed by atoms with Gasteiger partial charge in [-0.1, -0.05) is 30.3 Å². The number of hydrogen-bond donors (Lipinski definition) is 1. The SMILES string of the molecule is NC1(C2(C3CCCN(Cc4ccccc4)C3)CC2)CC1. The highest BCUT2D eigenvalue weighted by Gasteiger charge is 2.66. The van der Waals surface area contributed by atoms with Gasteiger partial charge in [0, 0.05) is 18.6 Å². The quantitative estimate of drug-likeness (QED) is 0.910. The summed E-state index contributed by atoms with van der Waals surface area (Å²) < 4.78 is 0. The minimum absolute atomic E-state index is 0.230. The van der Waals surface area contributed by atoms with Crippen LogP contribution in [0.4, 0.5) is 0 Å². The summed E-state index contributed by atoms with van der Waals surface area (Å²) in [7, 11) is 0. The number of nitrogens with two attached hydrogens (primary N) is 1. The van der Waals surface area contributed by atoms with Gasteiger partial charge in [-0.3, -0.25) is 4.90 Å². The van der Waals surface area contributed by atoms with Crippen LogP contribution in [-0.2, 0) is 6.54 Å². The second kappa shape index (κ2) is 4.57. The van der Waals surface area contributed by atoms with Crippen molar-refractivity contribution in [2.45, 2.75) is 50.6 Å². The molecular formula is C18H26N2. The second-order valence-corrected chi connectivity index (χ2v) is 7.37. The van der Waals surface area contributed by atoms with Gasteiger partial charge in [-0.15, -0.1) is 0 Å². The maximum absolute atomic E-state index is 6.60. The van der Waals surface area contributed by atoms with Gasteiger partial charge in [0.1, 0.15) is 0 Å². The van der Waals surface area contributed by atoms with E-state index < -0.39 is 0 Å². The summed E-state index contributed by atoms with van der Waals surface area (Å²) in [6, 6.07) is 10.9. The third-order valence-electron chi connectivity index (χ3n) is 6.10. The van der Waals surface area contributed by atoms with E-state index in [1.165, 1.54) is 57.2 Å². The van der Waals surface area contributed by atoms with Crippen LogP contribution < -0.4 is 5.73 Å². The van der Waals surface area contributed by atoms with E-state index in [-0.39, 0.29) is 5.54 Å². The molecule has 0 radical (unpaired) electrons. The first-order valence-corrected chi connectivity index (χ1v) is 8.27. The summed E-state index contributed by atoms with van der Waals surface area (Å²) in [6.45, 7) is 3.65. The van der Waals surface area contributed by atoms with Crippen molar-refractivity contribution >= 4 is 0 Å². The van der Waals surface area contributed by atoms with Crippen LogP contribution >= 0.6 is 0 Å². The molecule has 3 aliphatic rings. The molecular weight excluding hydrogens is 244 g/mol. The van der Waals surface area contributed by atoms with Crippen LogP contribution in [0.1, 0.15) is 44.1 Å². The molecule has 4 rings (SSSR count). The van der Waals surface area contributed by atoms with Gasteiger partial charge in [-0.2, -0.15) is 0 Å². The molecule has 2 N–H and O–H groups in total. The monoisotopic (exact) mass is 270 g/mol. The van der Waals surface area contributed by atoms with Crippen molar-refractivity contribution in [2.24, 2.45) is 17.1 Å². The zero-order valence-electron chi connectivity index (χ0n) is 12.4. The fourth-order valence-corrected chi connectivity index (χ4v) is 4.57. The minimum atomic E-state index is 0.230. The first kappa shape index (κ1) is 12.8. The number of nitrogens with zero attached hydrogens (tertiary/aromatic N) is 1. The van der Waals surface area contributed by atoms with Crippen molar-refractivity contribution in [3.63, 3.8) is 0 Å². The van der Waals surface area contributed by atoms with Crippen molar-refractivity contribution in [2.75, 3.05) is 13.1 Å². The van der Waals surface area contributed by atoms with Gasteiger partial charge < -0.3 is 5.73 Å². The first-order valence-electron chi connectivity index (χ1n) is 8.27. The van der Waals surface area contributed by atoms with Gasteiger partial charge in [-0.25, -0.2) is 0 Å². The number of benzene rings is 1. The number of hydrogen-bond acceptors (Lipinski definition) is 2. The summed E-state index contributed by atoms with van der Waals surface area (Å²) in [4.78, 5) is 2.66. The Morgan fingerprint density at radius 2 is 1.85 bits per heavy atom. The molecule has 2 heteroatoms. The van der Waals surface area contributed by atoms with E-state index in [1.807, 2.05) is 0 Å². The number of piperidine rings is 1. The van der Waals surface area contributed by atoms with Crippen LogP contribution in [0.5, 0.6) is 0 Å². The summed E-state index contributed by atoms with van der Waals surface area (Å²) in [5.74, 6) is 0.854. The van der Waals surface area contributed by atoms with Crippen LogP contribution in [0.25, 0.3) is 0 Å². The van der Waals surface area contributed by atoms with E-state index in [9.17, 15) is 0 Å². The van der Waals surface area contributed by atoms with Gasteiger partial charge in [0.15, 0.2) is 0 Å². The highest BCUT2D eigenvalue weighted by atomic mass is 15.1.